The van der Waals surface area contributed by atoms with E-state index in [9.17, 15) is 9.18 Å². The molecule has 2 aromatic rings. The van der Waals surface area contributed by atoms with E-state index in [0.717, 1.165) is 0 Å². The van der Waals surface area contributed by atoms with Gasteiger partial charge in [0.05, 0.1) is 0 Å². The van der Waals surface area contributed by atoms with E-state index in [1.54, 1.807) is 0 Å². The molecule has 1 aromatic carbocycles. The van der Waals surface area contributed by atoms with Gasteiger partial charge in [0, 0.05) is 11.6 Å². The molecule has 0 atom stereocenters. The predicted octanol–water partition coefficient (Wildman–Crippen LogP) is 1.95. The molecule has 0 unspecified atom stereocenters. The summed E-state index contributed by atoms with van der Waals surface area (Å²) in [5.41, 5.74) is 0.0899. The molecular formula is C12H8FNO5. The summed E-state index contributed by atoms with van der Waals surface area (Å²) in [5.74, 6) is -1.36. The largest absolute Gasteiger partial charge is 0.486 e. The van der Waals surface area contributed by atoms with Crippen LogP contribution in [0.25, 0.3) is 11.3 Å². The van der Waals surface area contributed by atoms with Crippen LogP contribution >= 0.6 is 0 Å². The minimum Gasteiger partial charge on any atom is -0.486 e. The van der Waals surface area contributed by atoms with Gasteiger partial charge in [0.25, 0.3) is 0 Å². The zero-order valence-corrected chi connectivity index (χ0v) is 9.55. The lowest BCUT2D eigenvalue weighted by Gasteiger charge is -2.19. The summed E-state index contributed by atoms with van der Waals surface area (Å²) < 4.78 is 29.1. The molecule has 3 rings (SSSR count). The quantitative estimate of drug-likeness (QED) is 0.893. The summed E-state index contributed by atoms with van der Waals surface area (Å²) in [5, 5.41) is 12.1. The van der Waals surface area contributed by atoms with E-state index in [1.165, 1.54) is 18.2 Å². The number of nitrogens with zero attached hydrogens (tertiary/aromatic N) is 1. The third-order valence-corrected chi connectivity index (χ3v) is 2.61. The first kappa shape index (κ1) is 11.5. The van der Waals surface area contributed by atoms with Gasteiger partial charge in [-0.2, -0.15) is 0 Å². The van der Waals surface area contributed by atoms with Crippen LogP contribution in [-0.2, 0) is 0 Å². The second-order valence-corrected chi connectivity index (χ2v) is 3.86. The molecule has 0 radical (unpaired) electrons. The third-order valence-electron chi connectivity index (χ3n) is 2.61. The molecule has 1 aliphatic heterocycles. The molecule has 0 fully saturated rings. The van der Waals surface area contributed by atoms with Gasteiger partial charge in [0.2, 0.25) is 0 Å². The van der Waals surface area contributed by atoms with Crippen LogP contribution in [-0.4, -0.2) is 29.4 Å². The topological polar surface area (TPSA) is 81.8 Å². The van der Waals surface area contributed by atoms with Crippen molar-refractivity contribution in [3.8, 4) is 22.8 Å². The predicted molar refractivity (Wildman–Crippen MR) is 59.8 cm³/mol. The zero-order valence-electron chi connectivity index (χ0n) is 9.55. The summed E-state index contributed by atoms with van der Waals surface area (Å²) in [6.45, 7) is 0.613. The summed E-state index contributed by atoms with van der Waals surface area (Å²) in [4.78, 5) is 10.7. The number of benzene rings is 1. The van der Waals surface area contributed by atoms with E-state index in [4.69, 9.17) is 19.1 Å². The number of carboxylic acid groups (broad SMARTS) is 1. The highest BCUT2D eigenvalue weighted by molar-refractivity contribution is 5.86. The lowest BCUT2D eigenvalue weighted by Crippen LogP contribution is -2.16. The Hall–Kier alpha value is -2.57. The van der Waals surface area contributed by atoms with Crippen molar-refractivity contribution in [1.82, 2.24) is 5.16 Å². The van der Waals surface area contributed by atoms with Gasteiger partial charge in [0.15, 0.2) is 28.8 Å². The van der Waals surface area contributed by atoms with Gasteiger partial charge < -0.3 is 19.1 Å². The first-order valence-electron chi connectivity index (χ1n) is 5.44. The fourth-order valence-corrected chi connectivity index (χ4v) is 1.77. The first-order chi connectivity index (χ1) is 9.15. The Morgan fingerprint density at radius 3 is 2.79 bits per heavy atom. The number of carbonyl (C=O) groups is 1. The maximum atomic E-state index is 13.8. The molecule has 0 saturated carbocycles. The minimum atomic E-state index is -1.21. The van der Waals surface area contributed by atoms with E-state index in [2.05, 4.69) is 5.16 Å². The van der Waals surface area contributed by atoms with Crippen molar-refractivity contribution < 1.29 is 28.3 Å². The Balaban J connectivity index is 2.05. The van der Waals surface area contributed by atoms with Gasteiger partial charge in [-0.25, -0.2) is 9.18 Å². The van der Waals surface area contributed by atoms with Crippen molar-refractivity contribution in [2.75, 3.05) is 13.2 Å². The standard InChI is InChI=1S/C12H8FNO5/c13-7-3-6(4-10-11(7)18-2-1-17-10)9-5-8(12(15)16)14-19-9/h3-5H,1-2H2,(H,15,16). The number of hydrogen-bond donors (Lipinski definition) is 1. The highest BCUT2D eigenvalue weighted by atomic mass is 19.1. The van der Waals surface area contributed by atoms with Crippen LogP contribution in [0.4, 0.5) is 4.39 Å². The number of fused-ring (bicyclic) bond motifs is 1. The van der Waals surface area contributed by atoms with Gasteiger partial charge in [-0.1, -0.05) is 5.16 Å². The molecule has 6 nitrogen and oxygen atoms in total. The van der Waals surface area contributed by atoms with Gasteiger partial charge in [-0.3, -0.25) is 0 Å². The van der Waals surface area contributed by atoms with E-state index < -0.39 is 11.8 Å². The van der Waals surface area contributed by atoms with Crippen molar-refractivity contribution in [3.05, 3.63) is 29.7 Å². The number of hydrogen-bond acceptors (Lipinski definition) is 5. The molecule has 0 saturated heterocycles. The van der Waals surface area contributed by atoms with Crippen molar-refractivity contribution in [3.63, 3.8) is 0 Å². The summed E-state index contributed by atoms with van der Waals surface area (Å²) >= 11 is 0. The Labute approximate surface area is 106 Å². The molecule has 0 bridgehead atoms. The van der Waals surface area contributed by atoms with Crippen LogP contribution in [0.2, 0.25) is 0 Å². The van der Waals surface area contributed by atoms with Crippen molar-refractivity contribution in [1.29, 1.82) is 0 Å². The van der Waals surface area contributed by atoms with Gasteiger partial charge in [-0.15, -0.1) is 0 Å². The third kappa shape index (κ3) is 1.99. The number of rotatable bonds is 2. The monoisotopic (exact) mass is 265 g/mol. The highest BCUT2D eigenvalue weighted by Gasteiger charge is 2.20. The number of halogens is 1. The van der Waals surface area contributed by atoms with Crippen molar-refractivity contribution in [2.24, 2.45) is 0 Å². The zero-order chi connectivity index (χ0) is 13.4. The molecule has 7 heteroatoms. The minimum absolute atomic E-state index is 0.0490. The van der Waals surface area contributed by atoms with Gasteiger partial charge >= 0.3 is 5.97 Å². The molecule has 0 amide bonds. The van der Waals surface area contributed by atoms with E-state index in [0.29, 0.717) is 12.2 Å². The molecule has 19 heavy (non-hydrogen) atoms. The molecular weight excluding hydrogens is 257 g/mol. The Bertz CT molecular complexity index is 652. The number of aromatic carboxylic acids is 1. The summed E-state index contributed by atoms with van der Waals surface area (Å²) in [7, 11) is 0. The Morgan fingerprint density at radius 1 is 1.26 bits per heavy atom. The lowest BCUT2D eigenvalue weighted by molar-refractivity contribution is 0.0686. The van der Waals surface area contributed by atoms with Gasteiger partial charge in [-0.05, 0) is 12.1 Å². The van der Waals surface area contributed by atoms with Crippen LogP contribution < -0.4 is 9.47 Å². The molecule has 1 aromatic heterocycles. The second-order valence-electron chi connectivity index (χ2n) is 3.86. The van der Waals surface area contributed by atoms with Crippen LogP contribution in [0, 0.1) is 5.82 Å². The fourth-order valence-electron chi connectivity index (χ4n) is 1.77. The second kappa shape index (κ2) is 4.27. The van der Waals surface area contributed by atoms with Crippen LogP contribution in [0.1, 0.15) is 10.5 Å². The van der Waals surface area contributed by atoms with E-state index in [-0.39, 0.29) is 29.6 Å². The van der Waals surface area contributed by atoms with E-state index >= 15 is 0 Å². The van der Waals surface area contributed by atoms with Gasteiger partial charge in [0.1, 0.15) is 13.2 Å². The smallest absolute Gasteiger partial charge is 0.358 e. The molecule has 98 valence electrons. The Kier molecular flexibility index (Phi) is 2.59. The van der Waals surface area contributed by atoms with E-state index in [1.807, 2.05) is 0 Å². The van der Waals surface area contributed by atoms with Crippen molar-refractivity contribution >= 4 is 5.97 Å². The molecule has 0 spiro atoms. The number of aromatic nitrogens is 1. The van der Waals surface area contributed by atoms with Crippen LogP contribution in [0.5, 0.6) is 11.5 Å². The maximum absolute atomic E-state index is 13.8. The average molecular weight is 265 g/mol. The summed E-state index contributed by atoms with van der Waals surface area (Å²) in [6, 6.07) is 3.91. The maximum Gasteiger partial charge on any atom is 0.358 e. The fraction of sp³-hybridized carbons (Fsp3) is 0.167. The molecule has 1 N–H and O–H groups in total. The molecule has 0 aliphatic carbocycles. The number of ether oxygens (including phenoxy) is 2. The highest BCUT2D eigenvalue weighted by Crippen LogP contribution is 2.37. The lowest BCUT2D eigenvalue weighted by atomic mass is 10.1. The molecule has 1 aliphatic rings. The SMILES string of the molecule is O=C(O)c1cc(-c2cc(F)c3c(c2)OCCO3)on1. The molecule has 2 heterocycles. The average Bonchev–Trinajstić information content (AvgIpc) is 2.88. The first-order valence-corrected chi connectivity index (χ1v) is 5.44. The number of carboxylic acids is 1. The normalized spacial score (nSPS) is 13.3. The van der Waals surface area contributed by atoms with Crippen molar-refractivity contribution in [2.45, 2.75) is 0 Å². The van der Waals surface area contributed by atoms with Crippen LogP contribution in [0.15, 0.2) is 22.7 Å². The Morgan fingerprint density at radius 2 is 2.05 bits per heavy atom. The van der Waals surface area contributed by atoms with Crippen LogP contribution in [0.3, 0.4) is 0 Å². The summed E-state index contributed by atoms with van der Waals surface area (Å²) in [6.07, 6.45) is 0.